The number of aromatic carboxylic acids is 1. The summed E-state index contributed by atoms with van der Waals surface area (Å²) in [5, 5.41) is 24.7. The first-order valence-electron chi connectivity index (χ1n) is 10.6. The molecule has 12 heteroatoms. The molecule has 1 aliphatic heterocycles. The smallest absolute Gasteiger partial charge is 0.335 e. The Morgan fingerprint density at radius 2 is 1.86 bits per heavy atom. The molecule has 12 nitrogen and oxygen atoms in total. The Morgan fingerprint density at radius 1 is 1.06 bits per heavy atom. The van der Waals surface area contributed by atoms with Crippen LogP contribution in [0.4, 0.5) is 11.5 Å². The fraction of sp³-hybridized carbons (Fsp3) is 0.130. The Labute approximate surface area is 197 Å². The number of nitrogens with zero attached hydrogens (tertiary/aromatic N) is 3. The monoisotopic (exact) mass is 473 g/mol. The van der Waals surface area contributed by atoms with Gasteiger partial charge in [-0.1, -0.05) is 18.2 Å². The number of anilines is 2. The van der Waals surface area contributed by atoms with Gasteiger partial charge in [0.05, 0.1) is 11.3 Å². The molecule has 0 unspecified atom stereocenters. The number of aromatic nitrogens is 4. The average Bonchev–Trinajstić information content (AvgIpc) is 3.29. The zero-order valence-corrected chi connectivity index (χ0v) is 18.2. The largest absolute Gasteiger partial charge is 0.482 e. The quantitative estimate of drug-likeness (QED) is 0.269. The van der Waals surface area contributed by atoms with Gasteiger partial charge in [0.15, 0.2) is 18.1 Å². The summed E-state index contributed by atoms with van der Waals surface area (Å²) in [6.07, 6.45) is 1.28. The highest BCUT2D eigenvalue weighted by atomic mass is 16.5. The molecule has 2 aromatic heterocycles. The second-order valence-electron chi connectivity index (χ2n) is 7.72. The van der Waals surface area contributed by atoms with Gasteiger partial charge in [-0.2, -0.15) is 5.10 Å². The Hall–Kier alpha value is -5.00. The number of rotatable bonds is 7. The summed E-state index contributed by atoms with van der Waals surface area (Å²) < 4.78 is 5.34. The molecule has 4 aromatic rings. The molecular formula is C23H19N7O5. The Kier molecular flexibility index (Phi) is 5.67. The van der Waals surface area contributed by atoms with E-state index in [2.05, 4.69) is 36.1 Å². The van der Waals surface area contributed by atoms with Crippen molar-refractivity contribution in [2.75, 3.05) is 17.2 Å². The zero-order valence-electron chi connectivity index (χ0n) is 18.2. The van der Waals surface area contributed by atoms with Crippen molar-refractivity contribution in [2.45, 2.75) is 13.1 Å². The van der Waals surface area contributed by atoms with Crippen LogP contribution in [0.15, 0.2) is 48.8 Å². The van der Waals surface area contributed by atoms with E-state index in [1.807, 2.05) is 0 Å². The molecule has 0 saturated carbocycles. The second-order valence-corrected chi connectivity index (χ2v) is 7.72. The number of hydrogen-bond acceptors (Lipinski definition) is 8. The van der Waals surface area contributed by atoms with E-state index in [-0.39, 0.29) is 30.3 Å². The predicted molar refractivity (Wildman–Crippen MR) is 124 cm³/mol. The molecule has 0 atom stereocenters. The highest BCUT2D eigenvalue weighted by Gasteiger charge is 2.19. The lowest BCUT2D eigenvalue weighted by molar-refractivity contribution is -0.118. The van der Waals surface area contributed by atoms with Crippen molar-refractivity contribution in [2.24, 2.45) is 0 Å². The Morgan fingerprint density at radius 3 is 2.66 bits per heavy atom. The molecule has 5 N–H and O–H groups in total. The minimum atomic E-state index is -0.988. The van der Waals surface area contributed by atoms with Gasteiger partial charge in [-0.3, -0.25) is 14.7 Å². The highest BCUT2D eigenvalue weighted by Crippen LogP contribution is 2.28. The Bertz CT molecular complexity index is 1450. The lowest BCUT2D eigenvalue weighted by Crippen LogP contribution is -2.26. The molecule has 0 aliphatic carbocycles. The molecule has 35 heavy (non-hydrogen) atoms. The number of aromatic amines is 1. The van der Waals surface area contributed by atoms with E-state index < -0.39 is 11.9 Å². The summed E-state index contributed by atoms with van der Waals surface area (Å²) >= 11 is 0. The minimum Gasteiger partial charge on any atom is -0.482 e. The number of ether oxygens (including phenoxy) is 1. The van der Waals surface area contributed by atoms with E-state index in [1.165, 1.54) is 18.5 Å². The van der Waals surface area contributed by atoms with Gasteiger partial charge < -0.3 is 25.8 Å². The molecule has 2 aromatic carbocycles. The molecule has 3 heterocycles. The van der Waals surface area contributed by atoms with E-state index in [9.17, 15) is 14.4 Å². The van der Waals surface area contributed by atoms with Crippen LogP contribution in [-0.2, 0) is 17.9 Å². The summed E-state index contributed by atoms with van der Waals surface area (Å²) in [6.45, 7) is 0.563. The number of carboxylic acids is 1. The molecule has 0 fully saturated rings. The maximum Gasteiger partial charge on any atom is 0.335 e. The standard InChI is InChI=1S/C23H19N7O5/c31-17-10-35-16-6-3-13(7-15(16)28-17)9-25-22(32)20-18-19(26-11-27-20)21(30-29-18)24-8-12-1-4-14(5-2-12)23(33)34/h1-7,11H,8-10H2,(H,25,32)(H,28,31)(H,33,34)(H2,24,29,30). The summed E-state index contributed by atoms with van der Waals surface area (Å²) in [5.41, 5.74) is 3.34. The Balaban J connectivity index is 1.27. The fourth-order valence-corrected chi connectivity index (χ4v) is 3.59. The molecule has 1 aliphatic rings. The summed E-state index contributed by atoms with van der Waals surface area (Å²) in [4.78, 5) is 43.7. The average molecular weight is 473 g/mol. The third kappa shape index (κ3) is 4.57. The van der Waals surface area contributed by atoms with E-state index in [1.54, 1.807) is 30.3 Å². The van der Waals surface area contributed by atoms with Crippen LogP contribution >= 0.6 is 0 Å². The fourth-order valence-electron chi connectivity index (χ4n) is 3.59. The van der Waals surface area contributed by atoms with Crippen LogP contribution in [0.2, 0.25) is 0 Å². The van der Waals surface area contributed by atoms with Gasteiger partial charge in [-0.05, 0) is 35.4 Å². The minimum absolute atomic E-state index is 0.0230. The van der Waals surface area contributed by atoms with Gasteiger partial charge in [0.2, 0.25) is 0 Å². The van der Waals surface area contributed by atoms with Crippen molar-refractivity contribution in [3.63, 3.8) is 0 Å². The molecule has 2 amide bonds. The van der Waals surface area contributed by atoms with Gasteiger partial charge >= 0.3 is 5.97 Å². The van der Waals surface area contributed by atoms with Crippen LogP contribution in [0.1, 0.15) is 32.0 Å². The number of fused-ring (bicyclic) bond motifs is 2. The van der Waals surface area contributed by atoms with Crippen LogP contribution in [0.5, 0.6) is 5.75 Å². The molecule has 0 spiro atoms. The number of H-pyrrole nitrogens is 1. The van der Waals surface area contributed by atoms with Crippen molar-refractivity contribution in [1.82, 2.24) is 25.5 Å². The summed E-state index contributed by atoms with van der Waals surface area (Å²) in [6, 6.07) is 11.7. The first-order valence-corrected chi connectivity index (χ1v) is 10.6. The number of nitrogens with one attached hydrogen (secondary N) is 4. The topological polar surface area (TPSA) is 171 Å². The second kappa shape index (κ2) is 9.09. The highest BCUT2D eigenvalue weighted by molar-refractivity contribution is 6.04. The summed E-state index contributed by atoms with van der Waals surface area (Å²) in [5.74, 6) is -0.632. The van der Waals surface area contributed by atoms with Crippen molar-refractivity contribution in [3.05, 3.63) is 71.2 Å². The van der Waals surface area contributed by atoms with Gasteiger partial charge in [0, 0.05) is 13.1 Å². The van der Waals surface area contributed by atoms with Crippen molar-refractivity contribution < 1.29 is 24.2 Å². The van der Waals surface area contributed by atoms with Gasteiger partial charge in [-0.15, -0.1) is 0 Å². The van der Waals surface area contributed by atoms with Gasteiger partial charge in [0.1, 0.15) is 23.1 Å². The van der Waals surface area contributed by atoms with Crippen LogP contribution in [0.3, 0.4) is 0 Å². The number of carbonyl (C=O) groups excluding carboxylic acids is 2. The number of carbonyl (C=O) groups is 3. The van der Waals surface area contributed by atoms with E-state index in [4.69, 9.17) is 9.84 Å². The first-order chi connectivity index (χ1) is 17.0. The van der Waals surface area contributed by atoms with Crippen LogP contribution in [0.25, 0.3) is 11.0 Å². The third-order valence-corrected chi connectivity index (χ3v) is 5.36. The van der Waals surface area contributed by atoms with Crippen molar-refractivity contribution in [1.29, 1.82) is 0 Å². The zero-order chi connectivity index (χ0) is 24.4. The maximum atomic E-state index is 12.8. The SMILES string of the molecule is O=C1COc2ccc(CNC(=O)c3ncnc4c(NCc5ccc(C(=O)O)cc5)n[nH]c34)cc2N1. The summed E-state index contributed by atoms with van der Waals surface area (Å²) in [7, 11) is 0. The normalized spacial score (nSPS) is 12.4. The van der Waals surface area contributed by atoms with Crippen LogP contribution < -0.4 is 20.7 Å². The maximum absolute atomic E-state index is 12.8. The van der Waals surface area contributed by atoms with Gasteiger partial charge in [-0.25, -0.2) is 14.8 Å². The molecule has 176 valence electrons. The molecule has 0 bridgehead atoms. The lowest BCUT2D eigenvalue weighted by Gasteiger charge is -2.18. The molecule has 0 saturated heterocycles. The van der Waals surface area contributed by atoms with E-state index >= 15 is 0 Å². The van der Waals surface area contributed by atoms with E-state index in [0.29, 0.717) is 34.8 Å². The number of benzene rings is 2. The van der Waals surface area contributed by atoms with Crippen molar-refractivity contribution in [3.8, 4) is 5.75 Å². The van der Waals surface area contributed by atoms with Gasteiger partial charge in [0.25, 0.3) is 11.8 Å². The third-order valence-electron chi connectivity index (χ3n) is 5.36. The first kappa shape index (κ1) is 21.8. The lowest BCUT2D eigenvalue weighted by atomic mass is 10.1. The van der Waals surface area contributed by atoms with E-state index in [0.717, 1.165) is 11.1 Å². The number of amides is 2. The number of carboxylic acid groups (broad SMARTS) is 1. The molecule has 0 radical (unpaired) electrons. The predicted octanol–water partition coefficient (Wildman–Crippen LogP) is 1.92. The van der Waals surface area contributed by atoms with Crippen molar-refractivity contribution >= 4 is 40.3 Å². The molecule has 5 rings (SSSR count). The van der Waals surface area contributed by atoms with Crippen LogP contribution in [-0.4, -0.2) is 49.7 Å². The molecular weight excluding hydrogens is 454 g/mol. The number of hydrogen-bond donors (Lipinski definition) is 5. The van der Waals surface area contributed by atoms with Crippen LogP contribution in [0, 0.1) is 0 Å².